The molecule has 0 fully saturated rings. The lowest BCUT2D eigenvalue weighted by Gasteiger charge is -2.40. The predicted molar refractivity (Wildman–Crippen MR) is 188 cm³/mol. The summed E-state index contributed by atoms with van der Waals surface area (Å²) < 4.78 is 1.05. The highest BCUT2D eigenvalue weighted by Crippen LogP contribution is 2.20. The largest absolute Gasteiger partial charge is 0.393 e. The van der Waals surface area contributed by atoms with Crippen LogP contribution in [0.5, 0.6) is 0 Å². The van der Waals surface area contributed by atoms with Gasteiger partial charge in [0.05, 0.1) is 26.2 Å². The van der Waals surface area contributed by atoms with Crippen LogP contribution < -0.4 is 0 Å². The molecule has 0 bridgehead atoms. The number of quaternary nitrogens is 1. The van der Waals surface area contributed by atoms with Gasteiger partial charge in [-0.25, -0.2) is 0 Å². The summed E-state index contributed by atoms with van der Waals surface area (Å²) in [5.74, 6) is 0. The van der Waals surface area contributed by atoms with E-state index in [1.165, 1.54) is 212 Å². The summed E-state index contributed by atoms with van der Waals surface area (Å²) in [5.41, 5.74) is 0. The van der Waals surface area contributed by atoms with Crippen LogP contribution in [0.4, 0.5) is 0 Å². The smallest absolute Gasteiger partial charge is 0.126 e. The van der Waals surface area contributed by atoms with Crippen molar-refractivity contribution in [2.75, 3.05) is 32.8 Å². The minimum Gasteiger partial charge on any atom is -0.393 e. The normalized spacial score (nSPS) is 12.8. The van der Waals surface area contributed by atoms with Crippen molar-refractivity contribution in [3.63, 3.8) is 0 Å². The van der Waals surface area contributed by atoms with Gasteiger partial charge in [-0.1, -0.05) is 175 Å². The highest BCUT2D eigenvalue weighted by molar-refractivity contribution is 4.59. The second-order valence-electron chi connectivity index (χ2n) is 14.1. The number of rotatable bonds is 36. The molecule has 1 atom stereocenters. The molecule has 0 aliphatic carbocycles. The van der Waals surface area contributed by atoms with E-state index < -0.39 is 6.10 Å². The maximum atomic E-state index is 10.6. The Morgan fingerprint density at radius 1 is 0.357 bits per heavy atom. The van der Waals surface area contributed by atoms with Crippen molar-refractivity contribution in [1.82, 2.24) is 0 Å². The van der Waals surface area contributed by atoms with Gasteiger partial charge in [-0.15, -0.1) is 0 Å². The van der Waals surface area contributed by atoms with E-state index in [0.29, 0.717) is 0 Å². The molecule has 0 saturated heterocycles. The molecular weight excluding hydrogens is 514 g/mol. The lowest BCUT2D eigenvalue weighted by atomic mass is 10.0. The van der Waals surface area contributed by atoms with Crippen LogP contribution in [0.25, 0.3) is 0 Å². The van der Waals surface area contributed by atoms with E-state index in [1.54, 1.807) is 0 Å². The summed E-state index contributed by atoms with van der Waals surface area (Å²) >= 11 is 0. The molecule has 0 aromatic carbocycles. The van der Waals surface area contributed by atoms with Gasteiger partial charge in [-0.05, 0) is 38.5 Å². The van der Waals surface area contributed by atoms with Crippen LogP contribution in [-0.4, -0.2) is 53.6 Å². The molecule has 0 aliphatic heterocycles. The zero-order valence-corrected chi connectivity index (χ0v) is 29.7. The molecule has 0 amide bonds. The highest BCUT2D eigenvalue weighted by Gasteiger charge is 2.29. The van der Waals surface area contributed by atoms with Gasteiger partial charge in [0.15, 0.2) is 0 Å². The van der Waals surface area contributed by atoms with Crippen LogP contribution >= 0.6 is 0 Å². The van der Waals surface area contributed by atoms with Gasteiger partial charge in [0, 0.05) is 0 Å². The number of aliphatic hydroxyl groups excluding tert-OH is 2. The van der Waals surface area contributed by atoms with Crippen molar-refractivity contribution in [2.24, 2.45) is 0 Å². The fourth-order valence-electron chi connectivity index (χ4n) is 6.92. The van der Waals surface area contributed by atoms with Crippen LogP contribution in [0.2, 0.25) is 0 Å². The second kappa shape index (κ2) is 33.8. The minimum atomic E-state index is -0.570. The summed E-state index contributed by atoms with van der Waals surface area (Å²) in [5, 5.41) is 20.4. The van der Waals surface area contributed by atoms with Gasteiger partial charge in [0.1, 0.15) is 12.6 Å². The number of unbranched alkanes of at least 4 members (excludes halogenated alkanes) is 27. The first-order valence-corrected chi connectivity index (χ1v) is 19.8. The zero-order valence-electron chi connectivity index (χ0n) is 29.7. The Bertz CT molecular complexity index is 437. The van der Waals surface area contributed by atoms with E-state index in [1.807, 2.05) is 0 Å². The van der Waals surface area contributed by atoms with E-state index >= 15 is 0 Å². The lowest BCUT2D eigenvalue weighted by Crippen LogP contribution is -2.54. The van der Waals surface area contributed by atoms with E-state index in [0.717, 1.165) is 11.0 Å². The number of aliphatic hydroxyl groups is 2. The van der Waals surface area contributed by atoms with Gasteiger partial charge >= 0.3 is 0 Å². The topological polar surface area (TPSA) is 40.5 Å². The highest BCUT2D eigenvalue weighted by atomic mass is 16.3. The standard InChI is InChI=1S/C39H82NO2/c1-4-7-10-13-16-19-22-25-28-31-34-40(37-39(42)38-41,35-32-29-26-23-20-17-14-11-8-5-2)36-33-30-27-24-21-18-15-12-9-6-3/h39,41-42H,4-38H2,1-3H3/q+1. The van der Waals surface area contributed by atoms with Gasteiger partial charge < -0.3 is 14.7 Å². The molecule has 254 valence electrons. The first-order valence-electron chi connectivity index (χ1n) is 19.8. The van der Waals surface area contributed by atoms with Gasteiger partial charge in [0.2, 0.25) is 0 Å². The van der Waals surface area contributed by atoms with Crippen molar-refractivity contribution >= 4 is 0 Å². The predicted octanol–water partition coefficient (Wildman–Crippen LogP) is 11.9. The van der Waals surface area contributed by atoms with Crippen LogP contribution in [-0.2, 0) is 0 Å². The van der Waals surface area contributed by atoms with Gasteiger partial charge in [0.25, 0.3) is 0 Å². The molecule has 0 radical (unpaired) electrons. The SMILES string of the molecule is CCCCCCCCCCCC[N+](CCCCCCCCCCCC)(CCCCCCCCCCCC)CC(O)CO. The summed E-state index contributed by atoms with van der Waals surface area (Å²) in [6, 6.07) is 0. The Labute approximate surface area is 266 Å². The van der Waals surface area contributed by atoms with E-state index in [-0.39, 0.29) is 6.61 Å². The summed E-state index contributed by atoms with van der Waals surface area (Å²) in [4.78, 5) is 0. The van der Waals surface area contributed by atoms with Crippen molar-refractivity contribution < 1.29 is 14.7 Å². The van der Waals surface area contributed by atoms with Crippen LogP contribution in [0.15, 0.2) is 0 Å². The van der Waals surface area contributed by atoms with E-state index in [4.69, 9.17) is 0 Å². The monoisotopic (exact) mass is 597 g/mol. The van der Waals surface area contributed by atoms with Crippen molar-refractivity contribution in [1.29, 1.82) is 0 Å². The Balaban J connectivity index is 4.62. The molecule has 2 N–H and O–H groups in total. The maximum absolute atomic E-state index is 10.6. The van der Waals surface area contributed by atoms with Crippen molar-refractivity contribution in [3.8, 4) is 0 Å². The Morgan fingerprint density at radius 2 is 0.571 bits per heavy atom. The van der Waals surface area contributed by atoms with Crippen molar-refractivity contribution in [3.05, 3.63) is 0 Å². The molecule has 0 aliphatic rings. The molecule has 0 aromatic heterocycles. The van der Waals surface area contributed by atoms with Crippen molar-refractivity contribution in [2.45, 2.75) is 219 Å². The fraction of sp³-hybridized carbons (Fsp3) is 1.00. The molecule has 3 nitrogen and oxygen atoms in total. The zero-order chi connectivity index (χ0) is 30.8. The van der Waals surface area contributed by atoms with Crippen LogP contribution in [0.3, 0.4) is 0 Å². The summed E-state index contributed by atoms with van der Waals surface area (Å²) in [6.45, 7) is 11.1. The third-order valence-corrected chi connectivity index (χ3v) is 9.77. The number of nitrogens with zero attached hydrogens (tertiary/aromatic N) is 1. The Morgan fingerprint density at radius 3 is 0.786 bits per heavy atom. The lowest BCUT2D eigenvalue weighted by molar-refractivity contribution is -0.931. The first kappa shape index (κ1) is 41.9. The molecule has 0 spiro atoms. The number of hydrogen-bond donors (Lipinski definition) is 2. The Kier molecular flexibility index (Phi) is 33.7. The molecule has 0 heterocycles. The number of hydrogen-bond acceptors (Lipinski definition) is 2. The third-order valence-electron chi connectivity index (χ3n) is 9.77. The molecule has 0 rings (SSSR count). The Hall–Kier alpha value is -0.120. The molecule has 3 heteroatoms. The van der Waals surface area contributed by atoms with Crippen LogP contribution in [0.1, 0.15) is 213 Å². The van der Waals surface area contributed by atoms with Gasteiger partial charge in [-0.3, -0.25) is 0 Å². The van der Waals surface area contributed by atoms with Gasteiger partial charge in [-0.2, -0.15) is 0 Å². The summed E-state index contributed by atoms with van der Waals surface area (Å²) in [7, 11) is 0. The average Bonchev–Trinajstić information content (AvgIpc) is 3.00. The van der Waals surface area contributed by atoms with E-state index in [2.05, 4.69) is 20.8 Å². The first-order chi connectivity index (χ1) is 20.6. The average molecular weight is 597 g/mol. The third kappa shape index (κ3) is 28.6. The molecule has 0 saturated carbocycles. The maximum Gasteiger partial charge on any atom is 0.126 e. The fourth-order valence-corrected chi connectivity index (χ4v) is 6.92. The van der Waals surface area contributed by atoms with E-state index in [9.17, 15) is 10.2 Å². The molecule has 42 heavy (non-hydrogen) atoms. The molecule has 0 aromatic rings. The molecule has 1 unspecified atom stereocenters. The minimum absolute atomic E-state index is 0.0892. The quantitative estimate of drug-likeness (QED) is 0.0558. The second-order valence-corrected chi connectivity index (χ2v) is 14.1. The summed E-state index contributed by atoms with van der Waals surface area (Å²) in [6.07, 6.45) is 40.8. The molecular formula is C39H82NO2+. The van der Waals surface area contributed by atoms with Crippen LogP contribution in [0, 0.1) is 0 Å².